The van der Waals surface area contributed by atoms with Crippen molar-refractivity contribution in [1.82, 2.24) is 0 Å². The van der Waals surface area contributed by atoms with E-state index in [1.54, 1.807) is 0 Å². The first-order valence-electron chi connectivity index (χ1n) is 23.4. The van der Waals surface area contributed by atoms with Crippen LogP contribution in [0.15, 0.2) is 65.1 Å². The van der Waals surface area contributed by atoms with Gasteiger partial charge in [0.2, 0.25) is 24.6 Å². The van der Waals surface area contributed by atoms with E-state index in [1.165, 1.54) is 37.3 Å². The van der Waals surface area contributed by atoms with Crippen LogP contribution in [-0.4, -0.2) is 235 Å². The predicted molar refractivity (Wildman–Crippen MR) is 246 cm³/mol. The molecule has 4 aromatic rings. The fourth-order valence-corrected chi connectivity index (χ4v) is 8.65. The molecule has 76 heavy (non-hydrogen) atoms. The lowest BCUT2D eigenvalue weighted by Gasteiger charge is -2.42. The van der Waals surface area contributed by atoms with Gasteiger partial charge in [-0.25, -0.2) is 9.21 Å². The molecule has 1 aromatic heterocycles. The number of benzene rings is 3. The molecule has 5 heterocycles. The average Bonchev–Trinajstić information content (AvgIpc) is 3.40. The van der Waals surface area contributed by atoms with Gasteiger partial charge in [-0.15, -0.1) is 0 Å². The molecular formula is C48H57O28+. The molecule has 4 fully saturated rings. The number of ether oxygens (including phenoxy) is 9. The Morgan fingerprint density at radius 1 is 0.579 bits per heavy atom. The molecule has 28 nitrogen and oxygen atoms in total. The quantitative estimate of drug-likeness (QED) is 0.0233. The molecule has 8 unspecified atom stereocenters. The Balaban J connectivity index is 0.940. The number of esters is 1. The van der Waals surface area contributed by atoms with Gasteiger partial charge in [0.25, 0.3) is 0 Å². The summed E-state index contributed by atoms with van der Waals surface area (Å²) in [6.45, 7) is -0.810. The number of aromatic hydroxyl groups is 4. The second kappa shape index (κ2) is 23.4. The van der Waals surface area contributed by atoms with Gasteiger partial charge >= 0.3 is 17.3 Å². The van der Waals surface area contributed by atoms with Crippen molar-refractivity contribution in [3.63, 3.8) is 0 Å². The lowest BCUT2D eigenvalue weighted by Crippen LogP contribution is -2.62. The van der Waals surface area contributed by atoms with Gasteiger partial charge in [0, 0.05) is 30.3 Å². The molecule has 8 rings (SSSR count). The molecule has 4 aliphatic heterocycles. The van der Waals surface area contributed by atoms with E-state index in [4.69, 9.17) is 47.0 Å². The standard InChI is InChI=1S/C48H56O28/c1-16-43(76-30(54)7-4-17-2-5-20(6-3-17)69-46-39(63)35(59)32(56)27(13-49)73-46)38(62)42(66)45(68-16)67-15-29-34(58)37(61)41(65)48(75-29)72-26-12-21-24(70-44(26)18-8-22(52)31(55)23(53)9-18)10-19(51)11-25(21)71-47-40(64)36(60)33(57)28(14-50)74-47/h2-12,16,27-29,32-43,45-50,56-66H,13-15H2,1H3,(H3-,51,52,53,55)/p+1/b7-4+/t16?,27?,28?,29?,32-,33-,34-,35+,36+,37+,38?,39?,40?,41?,42+,43+,45-,46-,47-,48-/m1/s1. The molecular weight excluding hydrogens is 1020 g/mol. The Kier molecular flexibility index (Phi) is 17.4. The Bertz CT molecular complexity index is 2650. The fourth-order valence-electron chi connectivity index (χ4n) is 8.65. The lowest BCUT2D eigenvalue weighted by molar-refractivity contribution is -0.319. The summed E-state index contributed by atoms with van der Waals surface area (Å²) >= 11 is 0. The van der Waals surface area contributed by atoms with Gasteiger partial charge < -0.3 is 129 Å². The largest absolute Gasteiger partial charge is 0.507 e. The third-order valence-electron chi connectivity index (χ3n) is 13.0. The first-order valence-corrected chi connectivity index (χ1v) is 23.4. The number of hydrogen-bond donors (Lipinski definition) is 17. The molecule has 17 N–H and O–H groups in total. The van der Waals surface area contributed by atoms with Gasteiger partial charge in [0.15, 0.2) is 29.6 Å². The molecule has 0 bridgehead atoms. The van der Waals surface area contributed by atoms with Crippen molar-refractivity contribution < 1.29 is 139 Å². The van der Waals surface area contributed by atoms with Crippen LogP contribution in [0.5, 0.6) is 40.2 Å². The number of hydrogen-bond acceptors (Lipinski definition) is 27. The van der Waals surface area contributed by atoms with Gasteiger partial charge in [0.05, 0.1) is 37.6 Å². The van der Waals surface area contributed by atoms with Gasteiger partial charge in [0.1, 0.15) is 108 Å². The highest BCUT2D eigenvalue weighted by atomic mass is 16.7. The molecule has 4 aliphatic rings. The van der Waals surface area contributed by atoms with E-state index in [-0.39, 0.29) is 28.0 Å². The zero-order valence-corrected chi connectivity index (χ0v) is 39.6. The van der Waals surface area contributed by atoms with E-state index in [9.17, 15) is 91.6 Å². The van der Waals surface area contributed by atoms with Crippen molar-refractivity contribution in [3.8, 4) is 51.6 Å². The van der Waals surface area contributed by atoms with E-state index in [2.05, 4.69) is 0 Å². The minimum Gasteiger partial charge on any atom is -0.507 e. The molecule has 28 heteroatoms. The Hall–Kier alpha value is -5.84. The summed E-state index contributed by atoms with van der Waals surface area (Å²) in [7, 11) is 0. The van der Waals surface area contributed by atoms with Crippen molar-refractivity contribution >= 4 is 23.0 Å². The van der Waals surface area contributed by atoms with Crippen LogP contribution in [-0.2, 0) is 33.2 Å². The summed E-state index contributed by atoms with van der Waals surface area (Å²) in [5.74, 6) is -5.13. The van der Waals surface area contributed by atoms with Crippen LogP contribution in [0.1, 0.15) is 12.5 Å². The molecule has 20 atom stereocenters. The van der Waals surface area contributed by atoms with E-state index in [0.717, 1.165) is 36.4 Å². The number of carbonyl (C=O) groups is 1. The Labute approximate surface area is 428 Å². The molecule has 416 valence electrons. The van der Waals surface area contributed by atoms with Crippen molar-refractivity contribution in [1.29, 1.82) is 0 Å². The zero-order valence-electron chi connectivity index (χ0n) is 39.6. The second-order valence-electron chi connectivity index (χ2n) is 18.2. The summed E-state index contributed by atoms with van der Waals surface area (Å²) in [4.78, 5) is 12.9. The summed E-state index contributed by atoms with van der Waals surface area (Å²) in [6, 6.07) is 11.0. The molecule has 0 amide bonds. The number of rotatable bonds is 15. The van der Waals surface area contributed by atoms with Crippen LogP contribution < -0.4 is 14.2 Å². The van der Waals surface area contributed by atoms with E-state index in [0.29, 0.717) is 5.56 Å². The first-order chi connectivity index (χ1) is 36.1. The SMILES string of the molecule is CC1O[C@@H](OCC2O[C@@H](Oc3cc4c(O[C@@H]5OC(CO)[C@@H](O)[C@H](O)C5O)cc(O)cc4[o+]c3-c3cc(O)c(O)c(O)c3)C(O)[C@@H](O)[C@@H]2O)[C@@H](O)C(O)[C@H]1OC(=O)/C=C/c1ccc(O[C@@H]2OC(CO)[C@@H](O)[C@H](O)C2O)cc1. The molecule has 0 radical (unpaired) electrons. The number of carbonyl (C=O) groups excluding carboxylic acids is 1. The smallest absolute Gasteiger partial charge is 0.402 e. The number of aliphatic hydroxyl groups excluding tert-OH is 13. The van der Waals surface area contributed by atoms with Crippen LogP contribution in [0, 0.1) is 0 Å². The monoisotopic (exact) mass is 1080 g/mol. The number of fused-ring (bicyclic) bond motifs is 1. The highest BCUT2D eigenvalue weighted by Crippen LogP contribution is 2.46. The topological polar surface area (TPSA) is 455 Å². The maximum atomic E-state index is 12.9. The third kappa shape index (κ3) is 11.7. The molecule has 0 saturated carbocycles. The normalized spacial score (nSPS) is 36.0. The summed E-state index contributed by atoms with van der Waals surface area (Å²) in [6.07, 6.45) is -31.5. The van der Waals surface area contributed by atoms with Crippen LogP contribution in [0.25, 0.3) is 28.4 Å². The van der Waals surface area contributed by atoms with E-state index in [1.807, 2.05) is 0 Å². The van der Waals surface area contributed by atoms with E-state index < -0.39 is 183 Å². The van der Waals surface area contributed by atoms with Crippen molar-refractivity contribution in [3.05, 3.63) is 66.2 Å². The minimum atomic E-state index is -2.07. The summed E-state index contributed by atoms with van der Waals surface area (Å²) < 4.78 is 56.9. The lowest BCUT2D eigenvalue weighted by atomic mass is 9.98. The highest BCUT2D eigenvalue weighted by Gasteiger charge is 2.50. The van der Waals surface area contributed by atoms with Crippen LogP contribution in [0.2, 0.25) is 0 Å². The predicted octanol–water partition coefficient (Wildman–Crippen LogP) is -4.14. The molecule has 0 spiro atoms. The zero-order chi connectivity index (χ0) is 55.0. The average molecular weight is 1080 g/mol. The number of phenols is 4. The minimum absolute atomic E-state index is 0.113. The summed E-state index contributed by atoms with van der Waals surface area (Å²) in [5, 5.41) is 177. The number of aliphatic hydroxyl groups is 13. The maximum absolute atomic E-state index is 12.9. The van der Waals surface area contributed by atoms with Crippen molar-refractivity contribution in [2.24, 2.45) is 0 Å². The Morgan fingerprint density at radius 2 is 1.09 bits per heavy atom. The van der Waals surface area contributed by atoms with Crippen molar-refractivity contribution in [2.75, 3.05) is 19.8 Å². The van der Waals surface area contributed by atoms with Crippen molar-refractivity contribution in [2.45, 2.75) is 130 Å². The molecule has 0 aliphatic carbocycles. The number of phenolic OH excluding ortho intramolecular Hbond substituents is 4. The van der Waals surface area contributed by atoms with Gasteiger partial charge in [-0.2, -0.15) is 0 Å². The highest BCUT2D eigenvalue weighted by molar-refractivity contribution is 5.89. The van der Waals surface area contributed by atoms with E-state index >= 15 is 0 Å². The van der Waals surface area contributed by atoms with Crippen LogP contribution >= 0.6 is 0 Å². The third-order valence-corrected chi connectivity index (χ3v) is 13.0. The van der Waals surface area contributed by atoms with Gasteiger partial charge in [-0.3, -0.25) is 0 Å². The second-order valence-corrected chi connectivity index (χ2v) is 18.2. The fraction of sp³-hybridized carbons (Fsp3) is 0.500. The van der Waals surface area contributed by atoms with Gasteiger partial charge in [-0.1, -0.05) is 12.1 Å². The Morgan fingerprint density at radius 3 is 1.66 bits per heavy atom. The maximum Gasteiger partial charge on any atom is 0.402 e. The van der Waals surface area contributed by atoms with Gasteiger partial charge in [-0.05, 0) is 30.7 Å². The first kappa shape index (κ1) is 56.4. The summed E-state index contributed by atoms with van der Waals surface area (Å²) in [5.41, 5.74) is 0.00504. The molecule has 3 aromatic carbocycles. The molecule has 4 saturated heterocycles. The van der Waals surface area contributed by atoms with Crippen LogP contribution in [0.3, 0.4) is 0 Å². The van der Waals surface area contributed by atoms with Crippen LogP contribution in [0.4, 0.5) is 0 Å².